The number of ether oxygens (including phenoxy) is 1. The van der Waals surface area contributed by atoms with Crippen LogP contribution in [0, 0.1) is 0 Å². The quantitative estimate of drug-likeness (QED) is 0.412. The Hall–Kier alpha value is -3.29. The van der Waals surface area contributed by atoms with Crippen LogP contribution >= 0.6 is 23.2 Å². The average Bonchev–Trinajstić information content (AvgIpc) is 2.73. The van der Waals surface area contributed by atoms with Crippen LogP contribution < -0.4 is 20.9 Å². The third kappa shape index (κ3) is 6.10. The molecule has 2 aromatic carbocycles. The van der Waals surface area contributed by atoms with E-state index in [0.29, 0.717) is 21.6 Å². The molecule has 3 rings (SSSR count). The van der Waals surface area contributed by atoms with Crippen LogP contribution in [0.5, 0.6) is 5.75 Å². The predicted molar refractivity (Wildman–Crippen MR) is 111 cm³/mol. The predicted octanol–water partition coefficient (Wildman–Crippen LogP) is 4.43. The van der Waals surface area contributed by atoms with Crippen LogP contribution in [0.2, 0.25) is 10.2 Å². The third-order valence-electron chi connectivity index (χ3n) is 3.71. The number of nitrogens with zero attached hydrogens (tertiary/aromatic N) is 1. The van der Waals surface area contributed by atoms with Crippen molar-refractivity contribution in [2.75, 3.05) is 5.32 Å². The summed E-state index contributed by atoms with van der Waals surface area (Å²) in [5, 5.41) is 3.51. The number of anilines is 1. The molecule has 0 saturated heterocycles. The summed E-state index contributed by atoms with van der Waals surface area (Å²) in [5.74, 6) is -0.166. The summed E-state index contributed by atoms with van der Waals surface area (Å²) in [4.78, 5) is 28.4. The van der Waals surface area contributed by atoms with Crippen LogP contribution in [0.15, 0.2) is 66.9 Å². The van der Waals surface area contributed by atoms with Gasteiger partial charge in [0.05, 0.1) is 5.56 Å². The Morgan fingerprint density at radius 3 is 2.41 bits per heavy atom. The van der Waals surface area contributed by atoms with E-state index in [-0.39, 0.29) is 12.2 Å². The highest BCUT2D eigenvalue weighted by Crippen LogP contribution is 2.19. The Balaban J connectivity index is 1.56. The summed E-state index contributed by atoms with van der Waals surface area (Å²) in [6.07, 6.45) is 1.59. The van der Waals surface area contributed by atoms with E-state index < -0.39 is 11.9 Å². The molecule has 1 aromatic heterocycles. The van der Waals surface area contributed by atoms with Gasteiger partial charge in [0.15, 0.2) is 0 Å². The molecule has 7 nitrogen and oxygen atoms in total. The van der Waals surface area contributed by atoms with Crippen molar-refractivity contribution in [2.24, 2.45) is 0 Å². The van der Waals surface area contributed by atoms with Gasteiger partial charge in [-0.1, -0.05) is 41.4 Å². The van der Waals surface area contributed by atoms with E-state index in [9.17, 15) is 9.59 Å². The molecule has 29 heavy (non-hydrogen) atoms. The molecular weight excluding hydrogens is 415 g/mol. The maximum Gasteiger partial charge on any atom is 0.337 e. The highest BCUT2D eigenvalue weighted by molar-refractivity contribution is 6.30. The monoisotopic (exact) mass is 430 g/mol. The standard InChI is InChI=1S/C20H16Cl2N4O3/c21-14-6-8-15(9-7-14)24-20(28)26-25-19(27)16-3-1-2-4-17(16)29-12-13-5-10-18(22)23-11-13/h1-11H,12H2,(H,25,27)(H2,24,26,28). The largest absolute Gasteiger partial charge is 0.488 e. The molecule has 0 aliphatic carbocycles. The molecule has 0 aliphatic heterocycles. The topological polar surface area (TPSA) is 92.4 Å². The fourth-order valence-corrected chi connectivity index (χ4v) is 2.55. The molecule has 0 unspecified atom stereocenters. The van der Waals surface area contributed by atoms with Crippen LogP contribution in [0.25, 0.3) is 0 Å². The van der Waals surface area contributed by atoms with Gasteiger partial charge in [-0.25, -0.2) is 15.2 Å². The number of hydrogen-bond donors (Lipinski definition) is 3. The van der Waals surface area contributed by atoms with Gasteiger partial charge in [0.25, 0.3) is 5.91 Å². The van der Waals surface area contributed by atoms with Gasteiger partial charge in [-0.2, -0.15) is 0 Å². The minimum absolute atomic E-state index is 0.207. The third-order valence-corrected chi connectivity index (χ3v) is 4.18. The van der Waals surface area contributed by atoms with Gasteiger partial charge in [-0.15, -0.1) is 0 Å². The lowest BCUT2D eigenvalue weighted by atomic mass is 10.2. The second-order valence-electron chi connectivity index (χ2n) is 5.81. The van der Waals surface area contributed by atoms with E-state index in [1.807, 2.05) is 0 Å². The minimum atomic E-state index is -0.605. The van der Waals surface area contributed by atoms with Crippen molar-refractivity contribution in [1.82, 2.24) is 15.8 Å². The van der Waals surface area contributed by atoms with Gasteiger partial charge in [0, 0.05) is 22.5 Å². The number of halogens is 2. The van der Waals surface area contributed by atoms with E-state index in [4.69, 9.17) is 27.9 Å². The summed E-state index contributed by atoms with van der Waals surface area (Å²) in [5.41, 5.74) is 6.22. The van der Waals surface area contributed by atoms with Crippen molar-refractivity contribution in [2.45, 2.75) is 6.61 Å². The lowest BCUT2D eigenvalue weighted by Crippen LogP contribution is -2.44. The highest BCUT2D eigenvalue weighted by Gasteiger charge is 2.13. The SMILES string of the molecule is O=C(NNC(=O)c1ccccc1OCc1ccc(Cl)nc1)Nc1ccc(Cl)cc1. The summed E-state index contributed by atoms with van der Waals surface area (Å²) in [7, 11) is 0. The average molecular weight is 431 g/mol. The zero-order valence-corrected chi connectivity index (χ0v) is 16.5. The van der Waals surface area contributed by atoms with Crippen molar-refractivity contribution in [3.8, 4) is 5.75 Å². The molecular formula is C20H16Cl2N4O3. The fourth-order valence-electron chi connectivity index (χ4n) is 2.31. The van der Waals surface area contributed by atoms with Crippen LogP contribution in [0.4, 0.5) is 10.5 Å². The molecule has 3 N–H and O–H groups in total. The Labute approximate surface area is 177 Å². The smallest absolute Gasteiger partial charge is 0.337 e. The zero-order chi connectivity index (χ0) is 20.6. The van der Waals surface area contributed by atoms with Crippen molar-refractivity contribution in [3.63, 3.8) is 0 Å². The van der Waals surface area contributed by atoms with Gasteiger partial charge in [-0.05, 0) is 42.5 Å². The number of nitrogens with one attached hydrogen (secondary N) is 3. The van der Waals surface area contributed by atoms with Crippen molar-refractivity contribution >= 4 is 40.8 Å². The van der Waals surface area contributed by atoms with E-state index in [0.717, 1.165) is 5.56 Å². The Kier molecular flexibility index (Phi) is 6.89. The molecule has 1 heterocycles. The van der Waals surface area contributed by atoms with Crippen LogP contribution in [0.1, 0.15) is 15.9 Å². The van der Waals surface area contributed by atoms with E-state index in [1.54, 1.807) is 66.9 Å². The molecule has 0 fully saturated rings. The summed E-state index contributed by atoms with van der Waals surface area (Å²) in [6.45, 7) is 0.207. The van der Waals surface area contributed by atoms with Crippen molar-refractivity contribution in [3.05, 3.63) is 88.2 Å². The molecule has 3 amide bonds. The molecule has 9 heteroatoms. The molecule has 0 aliphatic rings. The molecule has 3 aromatic rings. The first-order valence-corrected chi connectivity index (χ1v) is 9.22. The first kappa shape index (κ1) is 20.4. The van der Waals surface area contributed by atoms with Crippen LogP contribution in [0.3, 0.4) is 0 Å². The number of para-hydroxylation sites is 1. The maximum absolute atomic E-state index is 12.4. The van der Waals surface area contributed by atoms with Gasteiger partial charge >= 0.3 is 6.03 Å². The van der Waals surface area contributed by atoms with E-state index in [1.165, 1.54) is 0 Å². The van der Waals surface area contributed by atoms with Crippen LogP contribution in [-0.4, -0.2) is 16.9 Å². The van der Waals surface area contributed by atoms with E-state index >= 15 is 0 Å². The van der Waals surface area contributed by atoms with Gasteiger partial charge < -0.3 is 10.1 Å². The number of hydrazine groups is 1. The lowest BCUT2D eigenvalue weighted by Gasteiger charge is -2.13. The molecule has 0 atom stereocenters. The molecule has 0 bridgehead atoms. The van der Waals surface area contributed by atoms with E-state index in [2.05, 4.69) is 21.2 Å². The fraction of sp³-hybridized carbons (Fsp3) is 0.0500. The highest BCUT2D eigenvalue weighted by atomic mass is 35.5. The Bertz CT molecular complexity index is 995. The number of benzene rings is 2. The summed E-state index contributed by atoms with van der Waals surface area (Å²) in [6, 6.07) is 16.1. The summed E-state index contributed by atoms with van der Waals surface area (Å²) >= 11 is 11.6. The molecule has 148 valence electrons. The number of carbonyl (C=O) groups excluding carboxylic acids is 2. The second-order valence-corrected chi connectivity index (χ2v) is 6.64. The number of pyridine rings is 1. The number of hydrogen-bond acceptors (Lipinski definition) is 4. The number of urea groups is 1. The lowest BCUT2D eigenvalue weighted by molar-refractivity contribution is 0.0933. The van der Waals surface area contributed by atoms with Gasteiger partial charge in [0.1, 0.15) is 17.5 Å². The number of aromatic nitrogens is 1. The van der Waals surface area contributed by atoms with Gasteiger partial charge in [-0.3, -0.25) is 10.2 Å². The molecule has 0 saturated carbocycles. The molecule has 0 spiro atoms. The van der Waals surface area contributed by atoms with Crippen molar-refractivity contribution < 1.29 is 14.3 Å². The normalized spacial score (nSPS) is 10.1. The van der Waals surface area contributed by atoms with Gasteiger partial charge in [0.2, 0.25) is 0 Å². The van der Waals surface area contributed by atoms with Crippen LogP contribution in [-0.2, 0) is 6.61 Å². The second kappa shape index (κ2) is 9.77. The molecule has 0 radical (unpaired) electrons. The minimum Gasteiger partial charge on any atom is -0.488 e. The Morgan fingerprint density at radius 2 is 1.69 bits per heavy atom. The number of rotatable bonds is 5. The zero-order valence-electron chi connectivity index (χ0n) is 15.0. The first-order valence-electron chi connectivity index (χ1n) is 8.46. The maximum atomic E-state index is 12.4. The number of carbonyl (C=O) groups is 2. The first-order chi connectivity index (χ1) is 14.0. The number of amides is 3. The summed E-state index contributed by atoms with van der Waals surface area (Å²) < 4.78 is 5.71. The van der Waals surface area contributed by atoms with Crippen molar-refractivity contribution in [1.29, 1.82) is 0 Å². The Morgan fingerprint density at radius 1 is 0.931 bits per heavy atom.